The van der Waals surface area contributed by atoms with Crippen LogP contribution in [0.5, 0.6) is 0 Å². The van der Waals surface area contributed by atoms with E-state index in [1.807, 2.05) is 6.20 Å². The van der Waals surface area contributed by atoms with Gasteiger partial charge in [-0.05, 0) is 30.9 Å². The highest BCUT2D eigenvalue weighted by Crippen LogP contribution is 2.18. The molecule has 1 fully saturated rings. The first kappa shape index (κ1) is 10.9. The first-order valence-corrected chi connectivity index (χ1v) is 6.51. The van der Waals surface area contributed by atoms with Crippen molar-refractivity contribution in [2.45, 2.75) is 31.0 Å². The van der Waals surface area contributed by atoms with Gasteiger partial charge in [0.05, 0.1) is 0 Å². The Balaban J connectivity index is 2.03. The van der Waals surface area contributed by atoms with E-state index in [0.29, 0.717) is 4.83 Å². The summed E-state index contributed by atoms with van der Waals surface area (Å²) in [5, 5.41) is 0. The molecule has 1 aliphatic heterocycles. The zero-order chi connectivity index (χ0) is 10.7. The third-order valence-electron chi connectivity index (χ3n) is 2.76. The summed E-state index contributed by atoms with van der Waals surface area (Å²) in [5.41, 5.74) is 1.31. The van der Waals surface area contributed by atoms with E-state index in [1.165, 1.54) is 31.5 Å². The van der Waals surface area contributed by atoms with E-state index in [0.717, 1.165) is 12.2 Å². The highest BCUT2D eigenvalue weighted by molar-refractivity contribution is 9.09. The summed E-state index contributed by atoms with van der Waals surface area (Å²) in [6.07, 6.45) is 5.67. The number of aromatic nitrogens is 1. The van der Waals surface area contributed by atoms with Crippen LogP contribution in [0.2, 0.25) is 0 Å². The maximum Gasteiger partial charge on any atom is 0.128 e. The van der Waals surface area contributed by atoms with Crippen LogP contribution in [0.3, 0.4) is 0 Å². The molecule has 2 rings (SSSR count). The van der Waals surface area contributed by atoms with Crippen LogP contribution in [-0.4, -0.2) is 22.9 Å². The van der Waals surface area contributed by atoms with Gasteiger partial charge in [-0.25, -0.2) is 4.98 Å². The van der Waals surface area contributed by atoms with E-state index in [-0.39, 0.29) is 0 Å². The van der Waals surface area contributed by atoms with Crippen LogP contribution in [0.4, 0.5) is 5.82 Å². The van der Waals surface area contributed by atoms with Crippen LogP contribution in [0.15, 0.2) is 18.3 Å². The molecule has 1 atom stereocenters. The van der Waals surface area contributed by atoms with E-state index >= 15 is 0 Å². The molecule has 0 spiro atoms. The van der Waals surface area contributed by atoms with Crippen LogP contribution < -0.4 is 4.90 Å². The molecule has 0 aromatic carbocycles. The fraction of sp³-hybridized carbons (Fsp3) is 0.583. The highest BCUT2D eigenvalue weighted by Gasteiger charge is 2.12. The molecule has 2 nitrogen and oxygen atoms in total. The molecule has 0 bridgehead atoms. The van der Waals surface area contributed by atoms with Gasteiger partial charge >= 0.3 is 0 Å². The first-order valence-electron chi connectivity index (χ1n) is 5.59. The van der Waals surface area contributed by atoms with Crippen LogP contribution in [-0.2, 0) is 6.42 Å². The van der Waals surface area contributed by atoms with Crippen LogP contribution in [0.25, 0.3) is 0 Å². The Morgan fingerprint density at radius 3 is 2.67 bits per heavy atom. The van der Waals surface area contributed by atoms with Crippen LogP contribution in [0.1, 0.15) is 25.3 Å². The summed E-state index contributed by atoms with van der Waals surface area (Å²) >= 11 is 3.56. The molecule has 15 heavy (non-hydrogen) atoms. The lowest BCUT2D eigenvalue weighted by atomic mass is 10.2. The number of pyridine rings is 1. The van der Waals surface area contributed by atoms with Gasteiger partial charge in [0.2, 0.25) is 0 Å². The summed E-state index contributed by atoms with van der Waals surface area (Å²) < 4.78 is 0. The topological polar surface area (TPSA) is 16.1 Å². The Morgan fingerprint density at radius 1 is 1.40 bits per heavy atom. The number of halogens is 1. The quantitative estimate of drug-likeness (QED) is 0.784. The summed E-state index contributed by atoms with van der Waals surface area (Å²) in [5.74, 6) is 1.14. The van der Waals surface area contributed by atoms with Crippen molar-refractivity contribution in [1.82, 2.24) is 4.98 Å². The third kappa shape index (κ3) is 2.94. The molecule has 0 saturated carbocycles. The number of rotatable bonds is 3. The SMILES string of the molecule is CC(Br)Cc1ccc(N2CCCC2)nc1. The zero-order valence-corrected chi connectivity index (χ0v) is 10.7. The minimum absolute atomic E-state index is 0.525. The minimum Gasteiger partial charge on any atom is -0.357 e. The van der Waals surface area contributed by atoms with Gasteiger partial charge in [0.1, 0.15) is 5.82 Å². The van der Waals surface area contributed by atoms with Crippen LogP contribution in [0, 0.1) is 0 Å². The van der Waals surface area contributed by atoms with E-state index in [4.69, 9.17) is 0 Å². The monoisotopic (exact) mass is 268 g/mol. The Bertz CT molecular complexity index is 302. The van der Waals surface area contributed by atoms with Crippen molar-refractivity contribution < 1.29 is 0 Å². The average Bonchev–Trinajstić information content (AvgIpc) is 2.71. The number of anilines is 1. The van der Waals surface area contributed by atoms with Crippen molar-refractivity contribution in [2.75, 3.05) is 18.0 Å². The molecule has 1 unspecified atom stereocenters. The average molecular weight is 269 g/mol. The molecule has 1 aliphatic rings. The molecule has 1 aromatic rings. The normalized spacial score (nSPS) is 18.1. The maximum atomic E-state index is 4.52. The molecule has 2 heterocycles. The second-order valence-electron chi connectivity index (χ2n) is 4.20. The molecule has 0 radical (unpaired) electrons. The van der Waals surface area contributed by atoms with Gasteiger partial charge in [-0.2, -0.15) is 0 Å². The molecule has 1 saturated heterocycles. The lowest BCUT2D eigenvalue weighted by Crippen LogP contribution is -2.18. The Labute approximate surface area is 99.8 Å². The van der Waals surface area contributed by atoms with E-state index < -0.39 is 0 Å². The molecular weight excluding hydrogens is 252 g/mol. The smallest absolute Gasteiger partial charge is 0.128 e. The summed E-state index contributed by atoms with van der Waals surface area (Å²) in [6.45, 7) is 4.50. The number of alkyl halides is 1. The zero-order valence-electron chi connectivity index (χ0n) is 9.12. The van der Waals surface area contributed by atoms with Gasteiger partial charge in [-0.1, -0.05) is 28.9 Å². The van der Waals surface area contributed by atoms with Gasteiger partial charge < -0.3 is 4.90 Å². The van der Waals surface area contributed by atoms with Gasteiger partial charge in [-0.15, -0.1) is 0 Å². The lowest BCUT2D eigenvalue weighted by molar-refractivity contribution is 0.915. The largest absolute Gasteiger partial charge is 0.357 e. The second kappa shape index (κ2) is 4.97. The number of hydrogen-bond acceptors (Lipinski definition) is 2. The van der Waals surface area contributed by atoms with Gasteiger partial charge in [0, 0.05) is 24.1 Å². The molecule has 0 N–H and O–H groups in total. The van der Waals surface area contributed by atoms with Gasteiger partial charge in [0.25, 0.3) is 0 Å². The standard InChI is InChI=1S/C12H17BrN2/c1-10(13)8-11-4-5-12(14-9-11)15-6-2-3-7-15/h4-5,9-10H,2-3,6-8H2,1H3. The van der Waals surface area contributed by atoms with E-state index in [9.17, 15) is 0 Å². The van der Waals surface area contributed by atoms with Gasteiger partial charge in [0.15, 0.2) is 0 Å². The molecule has 0 amide bonds. The van der Waals surface area contributed by atoms with Crippen molar-refractivity contribution in [3.8, 4) is 0 Å². The summed E-state index contributed by atoms with van der Waals surface area (Å²) in [4.78, 5) is 7.41. The molecule has 0 aliphatic carbocycles. The molecule has 3 heteroatoms. The lowest BCUT2D eigenvalue weighted by Gasteiger charge is -2.16. The molecule has 82 valence electrons. The predicted octanol–water partition coefficient (Wildman–Crippen LogP) is 3.01. The Morgan fingerprint density at radius 2 is 2.13 bits per heavy atom. The number of hydrogen-bond donors (Lipinski definition) is 0. The van der Waals surface area contributed by atoms with Crippen molar-refractivity contribution in [1.29, 1.82) is 0 Å². The Kier molecular flexibility index (Phi) is 3.62. The fourth-order valence-electron chi connectivity index (χ4n) is 2.00. The first-order chi connectivity index (χ1) is 7.25. The van der Waals surface area contributed by atoms with E-state index in [1.54, 1.807) is 0 Å². The maximum absolute atomic E-state index is 4.52. The Hall–Kier alpha value is -0.570. The van der Waals surface area contributed by atoms with Crippen molar-refractivity contribution in [2.24, 2.45) is 0 Å². The minimum atomic E-state index is 0.525. The molecule has 1 aromatic heterocycles. The predicted molar refractivity (Wildman–Crippen MR) is 67.8 cm³/mol. The highest BCUT2D eigenvalue weighted by atomic mass is 79.9. The fourth-order valence-corrected chi connectivity index (χ4v) is 2.37. The van der Waals surface area contributed by atoms with Crippen molar-refractivity contribution >= 4 is 21.7 Å². The third-order valence-corrected chi connectivity index (χ3v) is 3.08. The van der Waals surface area contributed by atoms with Crippen LogP contribution >= 0.6 is 15.9 Å². The molecular formula is C12H17BrN2. The summed E-state index contributed by atoms with van der Waals surface area (Å²) in [7, 11) is 0. The van der Waals surface area contributed by atoms with Gasteiger partial charge in [-0.3, -0.25) is 0 Å². The van der Waals surface area contributed by atoms with Crippen molar-refractivity contribution in [3.05, 3.63) is 23.9 Å². The number of nitrogens with zero attached hydrogens (tertiary/aromatic N) is 2. The van der Waals surface area contributed by atoms with Crippen molar-refractivity contribution in [3.63, 3.8) is 0 Å². The summed E-state index contributed by atoms with van der Waals surface area (Å²) in [6, 6.07) is 4.34. The van der Waals surface area contributed by atoms with E-state index in [2.05, 4.69) is 44.9 Å². The second-order valence-corrected chi connectivity index (χ2v) is 5.77.